The van der Waals surface area contributed by atoms with Crippen molar-refractivity contribution in [2.45, 2.75) is 25.5 Å². The number of rotatable bonds is 4. The molecule has 2 amide bonds. The summed E-state index contributed by atoms with van der Waals surface area (Å²) < 4.78 is 0.731. The van der Waals surface area contributed by atoms with Gasteiger partial charge < -0.3 is 15.3 Å². The maximum Gasteiger partial charge on any atom is 0.317 e. The van der Waals surface area contributed by atoms with Crippen LogP contribution in [0.3, 0.4) is 0 Å². The van der Waals surface area contributed by atoms with Gasteiger partial charge in [0.1, 0.15) is 0 Å². The first-order chi connectivity index (χ1) is 11.6. The summed E-state index contributed by atoms with van der Waals surface area (Å²) in [5, 5.41) is 13.4. The number of benzene rings is 1. The van der Waals surface area contributed by atoms with Crippen LogP contribution in [0.5, 0.6) is 0 Å². The lowest BCUT2D eigenvalue weighted by atomic mass is 9.87. The van der Waals surface area contributed by atoms with E-state index in [0.717, 1.165) is 27.6 Å². The molecule has 128 valence electrons. The van der Waals surface area contributed by atoms with Crippen LogP contribution in [0.4, 0.5) is 4.79 Å². The third-order valence-corrected chi connectivity index (χ3v) is 5.69. The molecule has 24 heavy (non-hydrogen) atoms. The zero-order chi connectivity index (χ0) is 16.9. The summed E-state index contributed by atoms with van der Waals surface area (Å²) in [6.45, 7) is 1.85. The molecule has 1 aliphatic heterocycles. The quantitative estimate of drug-likeness (QED) is 0.859. The summed E-state index contributed by atoms with van der Waals surface area (Å²) in [4.78, 5) is 15.1. The molecule has 0 aliphatic carbocycles. The van der Waals surface area contributed by atoms with Gasteiger partial charge in [0.15, 0.2) is 0 Å². The summed E-state index contributed by atoms with van der Waals surface area (Å²) in [6.07, 6.45) is 1.17. The van der Waals surface area contributed by atoms with Crippen molar-refractivity contribution in [3.05, 3.63) is 57.2 Å². The van der Waals surface area contributed by atoms with E-state index in [4.69, 9.17) is 11.6 Å². The number of nitrogens with zero attached hydrogens (tertiary/aromatic N) is 1. The zero-order valence-electron chi connectivity index (χ0n) is 13.3. The molecule has 1 atom stereocenters. The van der Waals surface area contributed by atoms with E-state index in [1.54, 1.807) is 0 Å². The average Bonchev–Trinajstić information content (AvgIpc) is 3.05. The number of aliphatic hydroxyl groups is 1. The van der Waals surface area contributed by atoms with E-state index < -0.39 is 6.10 Å². The second-order valence-corrected chi connectivity index (χ2v) is 7.84. The van der Waals surface area contributed by atoms with Crippen LogP contribution >= 0.6 is 22.9 Å². The molecule has 2 heterocycles. The Labute approximate surface area is 151 Å². The topological polar surface area (TPSA) is 52.6 Å². The van der Waals surface area contributed by atoms with Gasteiger partial charge in [-0.1, -0.05) is 41.9 Å². The van der Waals surface area contributed by atoms with E-state index in [0.29, 0.717) is 19.6 Å². The van der Waals surface area contributed by atoms with Gasteiger partial charge in [-0.15, -0.1) is 11.3 Å². The molecule has 1 aliphatic rings. The van der Waals surface area contributed by atoms with Gasteiger partial charge in [0.2, 0.25) is 0 Å². The van der Waals surface area contributed by atoms with E-state index in [1.807, 2.05) is 47.4 Å². The number of carbonyl (C=O) groups is 1. The molecule has 1 saturated heterocycles. The minimum atomic E-state index is -0.454. The molecule has 1 aromatic heterocycles. The van der Waals surface area contributed by atoms with E-state index in [2.05, 4.69) is 5.32 Å². The average molecular weight is 365 g/mol. The highest BCUT2D eigenvalue weighted by Gasteiger charge is 2.28. The lowest BCUT2D eigenvalue weighted by Gasteiger charge is -2.34. The van der Waals surface area contributed by atoms with Gasteiger partial charge in [0.25, 0.3) is 0 Å². The van der Waals surface area contributed by atoms with Gasteiger partial charge in [0, 0.05) is 18.0 Å². The number of nitrogens with one attached hydrogen (secondary N) is 1. The lowest BCUT2D eigenvalue weighted by Crippen LogP contribution is -2.44. The molecule has 1 fully saturated rings. The van der Waals surface area contributed by atoms with Gasteiger partial charge >= 0.3 is 6.03 Å². The number of piperidine rings is 1. The van der Waals surface area contributed by atoms with Crippen LogP contribution in [0.15, 0.2) is 42.5 Å². The summed E-state index contributed by atoms with van der Waals surface area (Å²) in [6, 6.07) is 13.5. The number of carbonyl (C=O) groups excluding carboxylic acids is 1. The maximum atomic E-state index is 12.2. The molecule has 1 unspecified atom stereocenters. The molecule has 6 heteroatoms. The van der Waals surface area contributed by atoms with Crippen LogP contribution in [-0.2, 0) is 6.54 Å². The Hall–Kier alpha value is -1.56. The minimum Gasteiger partial charge on any atom is -0.388 e. The fourth-order valence-electron chi connectivity index (χ4n) is 3.06. The second-order valence-electron chi connectivity index (χ2n) is 6.04. The van der Waals surface area contributed by atoms with Crippen molar-refractivity contribution >= 4 is 29.0 Å². The standard InChI is InChI=1S/C18H21ClN2O2S/c19-16-7-6-15(24-16)12-20-18(23)21-10-8-14(9-11-21)17(22)13-4-2-1-3-5-13/h1-7,14,17,22H,8-12H2,(H,20,23). The number of hydrogen-bond donors (Lipinski definition) is 2. The SMILES string of the molecule is O=C(NCc1ccc(Cl)s1)N1CCC(C(O)c2ccccc2)CC1. The van der Waals surface area contributed by atoms with Gasteiger partial charge in [-0.3, -0.25) is 0 Å². The Kier molecular flexibility index (Phi) is 5.76. The fourth-order valence-corrected chi connectivity index (χ4v) is 4.09. The zero-order valence-corrected chi connectivity index (χ0v) is 14.9. The number of aliphatic hydroxyl groups excluding tert-OH is 1. The molecule has 1 aromatic carbocycles. The van der Waals surface area contributed by atoms with Crippen LogP contribution in [0.1, 0.15) is 29.4 Å². The van der Waals surface area contributed by atoms with Crippen molar-refractivity contribution in [2.24, 2.45) is 5.92 Å². The highest BCUT2D eigenvalue weighted by atomic mass is 35.5. The molecule has 0 saturated carbocycles. The molecule has 3 rings (SSSR count). The second kappa shape index (κ2) is 8.01. The minimum absolute atomic E-state index is 0.0489. The molecule has 0 radical (unpaired) electrons. The number of hydrogen-bond acceptors (Lipinski definition) is 3. The first kappa shape index (κ1) is 17.3. The predicted molar refractivity (Wildman–Crippen MR) is 97.3 cm³/mol. The first-order valence-corrected chi connectivity index (χ1v) is 9.33. The molecule has 0 spiro atoms. The van der Waals surface area contributed by atoms with Crippen LogP contribution < -0.4 is 5.32 Å². The van der Waals surface area contributed by atoms with Gasteiger partial charge in [0.05, 0.1) is 17.0 Å². The van der Waals surface area contributed by atoms with E-state index >= 15 is 0 Å². The Morgan fingerprint density at radius 2 is 1.96 bits per heavy atom. The summed E-state index contributed by atoms with van der Waals surface area (Å²) in [7, 11) is 0. The normalized spacial score (nSPS) is 16.8. The van der Waals surface area contributed by atoms with Crippen molar-refractivity contribution in [1.82, 2.24) is 10.2 Å². The van der Waals surface area contributed by atoms with Gasteiger partial charge in [-0.25, -0.2) is 4.79 Å². The maximum absolute atomic E-state index is 12.2. The number of urea groups is 1. The Balaban J connectivity index is 1.47. The van der Waals surface area contributed by atoms with Gasteiger partial charge in [-0.2, -0.15) is 0 Å². The number of likely N-dealkylation sites (tertiary alicyclic amines) is 1. The Morgan fingerprint density at radius 1 is 1.25 bits per heavy atom. The Bertz CT molecular complexity index is 669. The van der Waals surface area contributed by atoms with Crippen molar-refractivity contribution in [2.75, 3.05) is 13.1 Å². The summed E-state index contributed by atoms with van der Waals surface area (Å²) in [5.74, 6) is 0.201. The number of amides is 2. The van der Waals surface area contributed by atoms with Gasteiger partial charge in [-0.05, 0) is 36.5 Å². The van der Waals surface area contributed by atoms with Crippen molar-refractivity contribution in [3.8, 4) is 0 Å². The highest BCUT2D eigenvalue weighted by molar-refractivity contribution is 7.16. The molecule has 2 aromatic rings. The van der Waals surface area contributed by atoms with E-state index in [-0.39, 0.29) is 11.9 Å². The largest absolute Gasteiger partial charge is 0.388 e. The predicted octanol–water partition coefficient (Wildman–Crippen LogP) is 4.06. The number of thiophene rings is 1. The van der Waals surface area contributed by atoms with Crippen LogP contribution in [0.2, 0.25) is 4.34 Å². The third kappa shape index (κ3) is 4.29. The van der Waals surface area contributed by atoms with Crippen LogP contribution in [0.25, 0.3) is 0 Å². The van der Waals surface area contributed by atoms with Crippen molar-refractivity contribution in [3.63, 3.8) is 0 Å². The molecule has 2 N–H and O–H groups in total. The molecular formula is C18H21ClN2O2S. The Morgan fingerprint density at radius 3 is 2.58 bits per heavy atom. The van der Waals surface area contributed by atoms with Crippen molar-refractivity contribution < 1.29 is 9.90 Å². The molecular weight excluding hydrogens is 344 g/mol. The summed E-state index contributed by atoms with van der Waals surface area (Å²) >= 11 is 7.37. The lowest BCUT2D eigenvalue weighted by molar-refractivity contribution is 0.0665. The molecule has 0 bridgehead atoms. The fraction of sp³-hybridized carbons (Fsp3) is 0.389. The monoisotopic (exact) mass is 364 g/mol. The van der Waals surface area contributed by atoms with Crippen LogP contribution in [-0.4, -0.2) is 29.1 Å². The third-order valence-electron chi connectivity index (χ3n) is 4.46. The van der Waals surface area contributed by atoms with E-state index in [9.17, 15) is 9.90 Å². The van der Waals surface area contributed by atoms with E-state index in [1.165, 1.54) is 11.3 Å². The smallest absolute Gasteiger partial charge is 0.317 e. The number of halogens is 1. The summed E-state index contributed by atoms with van der Waals surface area (Å²) in [5.41, 5.74) is 0.954. The highest BCUT2D eigenvalue weighted by Crippen LogP contribution is 2.30. The van der Waals surface area contributed by atoms with Crippen LogP contribution in [0, 0.1) is 5.92 Å². The molecule has 4 nitrogen and oxygen atoms in total. The van der Waals surface area contributed by atoms with Crippen molar-refractivity contribution in [1.29, 1.82) is 0 Å². The first-order valence-electron chi connectivity index (χ1n) is 8.13.